The van der Waals surface area contributed by atoms with Crippen LogP contribution < -0.4 is 15.4 Å². The minimum absolute atomic E-state index is 0.0459. The average molecular weight is 433 g/mol. The van der Waals surface area contributed by atoms with Gasteiger partial charge in [0.05, 0.1) is 11.1 Å². The SMILES string of the molecule is CC(C)COc1ccc(C(=O)Nc2cccc(C(=O)NC(C)C)c2)cc1Br. The molecule has 0 aliphatic heterocycles. The van der Waals surface area contributed by atoms with Crippen LogP contribution >= 0.6 is 15.9 Å². The highest BCUT2D eigenvalue weighted by Crippen LogP contribution is 2.27. The fourth-order valence-electron chi connectivity index (χ4n) is 2.30. The zero-order chi connectivity index (χ0) is 20.0. The second kappa shape index (κ2) is 9.55. The van der Waals surface area contributed by atoms with Crippen molar-refractivity contribution in [2.45, 2.75) is 33.7 Å². The number of hydrogen-bond acceptors (Lipinski definition) is 3. The van der Waals surface area contributed by atoms with E-state index in [9.17, 15) is 9.59 Å². The van der Waals surface area contributed by atoms with Gasteiger partial charge in [-0.15, -0.1) is 0 Å². The molecule has 6 heteroatoms. The highest BCUT2D eigenvalue weighted by molar-refractivity contribution is 9.10. The average Bonchev–Trinajstić information content (AvgIpc) is 2.60. The molecule has 5 nitrogen and oxygen atoms in total. The monoisotopic (exact) mass is 432 g/mol. The van der Waals surface area contributed by atoms with Crippen LogP contribution in [0.25, 0.3) is 0 Å². The van der Waals surface area contributed by atoms with Crippen molar-refractivity contribution in [1.82, 2.24) is 5.32 Å². The Labute approximate surface area is 168 Å². The number of rotatable bonds is 7. The van der Waals surface area contributed by atoms with Crippen LogP contribution in [0.4, 0.5) is 5.69 Å². The van der Waals surface area contributed by atoms with E-state index in [1.165, 1.54) is 0 Å². The summed E-state index contributed by atoms with van der Waals surface area (Å²) in [7, 11) is 0. The second-order valence-electron chi connectivity index (χ2n) is 7.01. The lowest BCUT2D eigenvalue weighted by Crippen LogP contribution is -2.30. The Kier molecular flexibility index (Phi) is 7.42. The van der Waals surface area contributed by atoms with Crippen molar-refractivity contribution in [2.24, 2.45) is 5.92 Å². The van der Waals surface area contributed by atoms with E-state index in [1.54, 1.807) is 42.5 Å². The van der Waals surface area contributed by atoms with Crippen LogP contribution in [0.5, 0.6) is 5.75 Å². The normalized spacial score (nSPS) is 10.8. The van der Waals surface area contributed by atoms with Crippen molar-refractivity contribution in [3.63, 3.8) is 0 Å². The van der Waals surface area contributed by atoms with Crippen LogP contribution in [0.2, 0.25) is 0 Å². The molecule has 27 heavy (non-hydrogen) atoms. The number of ether oxygens (including phenoxy) is 1. The number of carbonyl (C=O) groups is 2. The molecule has 0 fully saturated rings. The molecule has 2 aromatic carbocycles. The molecule has 0 atom stereocenters. The summed E-state index contributed by atoms with van der Waals surface area (Å²) in [6.07, 6.45) is 0. The minimum Gasteiger partial charge on any atom is -0.492 e. The Morgan fingerprint density at radius 1 is 1.00 bits per heavy atom. The van der Waals surface area contributed by atoms with Gasteiger partial charge < -0.3 is 15.4 Å². The predicted octanol–water partition coefficient (Wildman–Crippen LogP) is 4.87. The molecule has 0 spiro atoms. The molecular formula is C21H25BrN2O3. The fourth-order valence-corrected chi connectivity index (χ4v) is 2.80. The van der Waals surface area contributed by atoms with Gasteiger partial charge in [0.25, 0.3) is 11.8 Å². The molecule has 0 aliphatic carbocycles. The molecule has 0 heterocycles. The van der Waals surface area contributed by atoms with Gasteiger partial charge in [-0.25, -0.2) is 0 Å². The predicted molar refractivity (Wildman–Crippen MR) is 111 cm³/mol. The first-order valence-electron chi connectivity index (χ1n) is 8.91. The van der Waals surface area contributed by atoms with Crippen LogP contribution in [-0.2, 0) is 0 Å². The van der Waals surface area contributed by atoms with Crippen LogP contribution in [0, 0.1) is 5.92 Å². The van der Waals surface area contributed by atoms with Crippen molar-refractivity contribution in [1.29, 1.82) is 0 Å². The summed E-state index contributed by atoms with van der Waals surface area (Å²) in [5.41, 5.74) is 1.56. The Balaban J connectivity index is 2.09. The molecule has 2 N–H and O–H groups in total. The minimum atomic E-state index is -0.257. The molecule has 0 bridgehead atoms. The van der Waals surface area contributed by atoms with Crippen LogP contribution in [-0.4, -0.2) is 24.5 Å². The van der Waals surface area contributed by atoms with E-state index in [1.807, 2.05) is 13.8 Å². The smallest absolute Gasteiger partial charge is 0.255 e. The molecule has 0 aliphatic rings. The van der Waals surface area contributed by atoms with Gasteiger partial charge in [0, 0.05) is 22.9 Å². The van der Waals surface area contributed by atoms with Crippen molar-refractivity contribution in [3.8, 4) is 5.75 Å². The molecule has 0 radical (unpaired) electrons. The van der Waals surface area contributed by atoms with Gasteiger partial charge in [-0.2, -0.15) is 0 Å². The molecule has 0 saturated carbocycles. The first-order chi connectivity index (χ1) is 12.8. The maximum Gasteiger partial charge on any atom is 0.255 e. The van der Waals surface area contributed by atoms with E-state index in [-0.39, 0.29) is 17.9 Å². The Bertz CT molecular complexity index is 819. The summed E-state index contributed by atoms with van der Waals surface area (Å²) in [5.74, 6) is 0.690. The molecule has 144 valence electrons. The third kappa shape index (κ3) is 6.40. The van der Waals surface area contributed by atoms with Crippen molar-refractivity contribution < 1.29 is 14.3 Å². The van der Waals surface area contributed by atoms with Gasteiger partial charge in [0.1, 0.15) is 5.75 Å². The second-order valence-corrected chi connectivity index (χ2v) is 7.87. The lowest BCUT2D eigenvalue weighted by Gasteiger charge is -2.12. The lowest BCUT2D eigenvalue weighted by atomic mass is 10.1. The summed E-state index contributed by atoms with van der Waals surface area (Å²) in [6, 6.07) is 12.1. The first-order valence-corrected chi connectivity index (χ1v) is 9.70. The van der Waals surface area contributed by atoms with Crippen molar-refractivity contribution in [2.75, 3.05) is 11.9 Å². The Hall–Kier alpha value is -2.34. The Morgan fingerprint density at radius 3 is 2.33 bits per heavy atom. The van der Waals surface area contributed by atoms with Crippen molar-refractivity contribution in [3.05, 3.63) is 58.1 Å². The zero-order valence-electron chi connectivity index (χ0n) is 16.0. The molecular weight excluding hydrogens is 408 g/mol. The number of benzene rings is 2. The van der Waals surface area contributed by atoms with Gasteiger partial charge in [0.2, 0.25) is 0 Å². The standard InChI is InChI=1S/C21H25BrN2O3/c1-13(2)12-27-19-9-8-16(11-18(19)22)21(26)24-17-7-5-6-15(10-17)20(25)23-14(3)4/h5-11,13-14H,12H2,1-4H3,(H,23,25)(H,24,26). The third-order valence-corrected chi connectivity index (χ3v) is 4.19. The number of nitrogens with one attached hydrogen (secondary N) is 2. The number of carbonyl (C=O) groups excluding carboxylic acids is 2. The summed E-state index contributed by atoms with van der Waals surface area (Å²) >= 11 is 3.45. The summed E-state index contributed by atoms with van der Waals surface area (Å²) in [6.45, 7) is 8.55. The first kappa shape index (κ1) is 21.0. The largest absolute Gasteiger partial charge is 0.492 e. The number of hydrogen-bond donors (Lipinski definition) is 2. The lowest BCUT2D eigenvalue weighted by molar-refractivity contribution is 0.0941. The van der Waals surface area contributed by atoms with Gasteiger partial charge in [-0.05, 0) is 72.1 Å². The molecule has 2 aromatic rings. The molecule has 0 aromatic heterocycles. The zero-order valence-corrected chi connectivity index (χ0v) is 17.6. The highest BCUT2D eigenvalue weighted by Gasteiger charge is 2.12. The quantitative estimate of drug-likeness (QED) is 0.655. The number of amides is 2. The maximum atomic E-state index is 12.5. The van der Waals surface area contributed by atoms with Gasteiger partial charge >= 0.3 is 0 Å². The van der Waals surface area contributed by atoms with E-state index in [4.69, 9.17) is 4.74 Å². The molecule has 0 unspecified atom stereocenters. The summed E-state index contributed by atoms with van der Waals surface area (Å²) in [5, 5.41) is 5.66. The summed E-state index contributed by atoms with van der Waals surface area (Å²) < 4.78 is 6.42. The van der Waals surface area contributed by atoms with E-state index in [0.29, 0.717) is 35.1 Å². The summed E-state index contributed by atoms with van der Waals surface area (Å²) in [4.78, 5) is 24.6. The molecule has 2 amide bonds. The van der Waals surface area contributed by atoms with Gasteiger partial charge in [-0.3, -0.25) is 9.59 Å². The number of halogens is 1. The van der Waals surface area contributed by atoms with Crippen molar-refractivity contribution >= 4 is 33.4 Å². The van der Waals surface area contributed by atoms with Crippen LogP contribution in [0.1, 0.15) is 48.4 Å². The topological polar surface area (TPSA) is 67.4 Å². The molecule has 2 rings (SSSR count). The van der Waals surface area contributed by atoms with E-state index >= 15 is 0 Å². The van der Waals surface area contributed by atoms with E-state index in [2.05, 4.69) is 40.4 Å². The fraction of sp³-hybridized carbons (Fsp3) is 0.333. The Morgan fingerprint density at radius 2 is 1.70 bits per heavy atom. The molecule has 0 saturated heterocycles. The maximum absolute atomic E-state index is 12.5. The van der Waals surface area contributed by atoms with Crippen LogP contribution in [0.15, 0.2) is 46.9 Å². The number of anilines is 1. The van der Waals surface area contributed by atoms with Gasteiger partial charge in [-0.1, -0.05) is 19.9 Å². The van der Waals surface area contributed by atoms with Gasteiger partial charge in [0.15, 0.2) is 0 Å². The van der Waals surface area contributed by atoms with E-state index < -0.39 is 0 Å². The third-order valence-electron chi connectivity index (χ3n) is 3.57. The highest BCUT2D eigenvalue weighted by atomic mass is 79.9. The van der Waals surface area contributed by atoms with Crippen LogP contribution in [0.3, 0.4) is 0 Å². The van der Waals surface area contributed by atoms with E-state index in [0.717, 1.165) is 4.47 Å².